The van der Waals surface area contributed by atoms with Crippen LogP contribution in [0, 0.1) is 5.82 Å². The zero-order chi connectivity index (χ0) is 16.8. The molecule has 23 heavy (non-hydrogen) atoms. The van der Waals surface area contributed by atoms with E-state index in [9.17, 15) is 9.18 Å². The number of ether oxygens (including phenoxy) is 2. The van der Waals surface area contributed by atoms with Gasteiger partial charge in [-0.25, -0.2) is 4.39 Å². The molecule has 0 fully saturated rings. The Labute approximate surface area is 135 Å². The van der Waals surface area contributed by atoms with E-state index in [1.165, 1.54) is 25.3 Å². The van der Waals surface area contributed by atoms with Crippen LogP contribution in [0.3, 0.4) is 0 Å². The standard InChI is InChI=1S/C18H20FNO3/c1-4-16(12-5-8-14(22-2)9-6-12)20-18(21)13-7-10-17(23-3)15(19)11-13/h5-11,16H,4H2,1-3H3,(H,20,21)/t16-/m0/s1. The summed E-state index contributed by atoms with van der Waals surface area (Å²) in [5.41, 5.74) is 1.23. The van der Waals surface area contributed by atoms with Crippen molar-refractivity contribution in [3.8, 4) is 11.5 Å². The molecule has 0 radical (unpaired) electrons. The number of benzene rings is 2. The van der Waals surface area contributed by atoms with Gasteiger partial charge in [-0.2, -0.15) is 0 Å². The molecule has 0 saturated heterocycles. The van der Waals surface area contributed by atoms with Gasteiger partial charge in [0, 0.05) is 5.56 Å². The van der Waals surface area contributed by atoms with Gasteiger partial charge in [-0.3, -0.25) is 4.79 Å². The first-order chi connectivity index (χ1) is 11.1. The van der Waals surface area contributed by atoms with E-state index in [4.69, 9.17) is 9.47 Å². The molecule has 0 aliphatic rings. The molecule has 1 atom stereocenters. The highest BCUT2D eigenvalue weighted by molar-refractivity contribution is 5.94. The van der Waals surface area contributed by atoms with Gasteiger partial charge in [0.25, 0.3) is 5.91 Å². The maximum Gasteiger partial charge on any atom is 0.251 e. The first-order valence-corrected chi connectivity index (χ1v) is 7.37. The number of halogens is 1. The number of nitrogens with one attached hydrogen (secondary N) is 1. The minimum Gasteiger partial charge on any atom is -0.497 e. The van der Waals surface area contributed by atoms with Gasteiger partial charge in [0.05, 0.1) is 20.3 Å². The molecule has 2 aromatic carbocycles. The lowest BCUT2D eigenvalue weighted by Gasteiger charge is -2.18. The SMILES string of the molecule is CC[C@H](NC(=O)c1ccc(OC)c(F)c1)c1ccc(OC)cc1. The summed E-state index contributed by atoms with van der Waals surface area (Å²) < 4.78 is 23.7. The molecule has 0 spiro atoms. The summed E-state index contributed by atoms with van der Waals surface area (Å²) >= 11 is 0. The summed E-state index contributed by atoms with van der Waals surface area (Å²) in [5.74, 6) is -0.0113. The molecule has 1 N–H and O–H groups in total. The molecule has 0 aliphatic heterocycles. The van der Waals surface area contributed by atoms with Gasteiger partial charge in [-0.1, -0.05) is 19.1 Å². The van der Waals surface area contributed by atoms with Crippen molar-refractivity contribution >= 4 is 5.91 Å². The van der Waals surface area contributed by atoms with Crippen LogP contribution in [0.2, 0.25) is 0 Å². The largest absolute Gasteiger partial charge is 0.497 e. The number of rotatable bonds is 6. The van der Waals surface area contributed by atoms with Crippen LogP contribution in [-0.2, 0) is 0 Å². The summed E-state index contributed by atoms with van der Waals surface area (Å²) in [4.78, 5) is 12.3. The van der Waals surface area contributed by atoms with E-state index in [2.05, 4.69) is 5.32 Å². The zero-order valence-electron chi connectivity index (χ0n) is 13.4. The maximum atomic E-state index is 13.7. The van der Waals surface area contributed by atoms with Gasteiger partial charge in [0.15, 0.2) is 11.6 Å². The highest BCUT2D eigenvalue weighted by Gasteiger charge is 2.15. The van der Waals surface area contributed by atoms with Crippen molar-refractivity contribution < 1.29 is 18.7 Å². The third-order valence-electron chi connectivity index (χ3n) is 3.65. The number of methoxy groups -OCH3 is 2. The van der Waals surface area contributed by atoms with Gasteiger partial charge in [-0.05, 0) is 42.3 Å². The third-order valence-corrected chi connectivity index (χ3v) is 3.65. The first kappa shape index (κ1) is 16.8. The van der Waals surface area contributed by atoms with Gasteiger partial charge in [0.1, 0.15) is 5.75 Å². The van der Waals surface area contributed by atoms with E-state index >= 15 is 0 Å². The molecular weight excluding hydrogens is 297 g/mol. The van der Waals surface area contributed by atoms with Crippen LogP contribution in [0.4, 0.5) is 4.39 Å². The van der Waals surface area contributed by atoms with E-state index < -0.39 is 5.82 Å². The van der Waals surface area contributed by atoms with E-state index in [0.29, 0.717) is 0 Å². The van der Waals surface area contributed by atoms with Crippen LogP contribution >= 0.6 is 0 Å². The number of hydrogen-bond acceptors (Lipinski definition) is 3. The van der Waals surface area contributed by atoms with Crippen LogP contribution in [0.5, 0.6) is 11.5 Å². The van der Waals surface area contributed by atoms with Crippen molar-refractivity contribution in [2.24, 2.45) is 0 Å². The number of carbonyl (C=O) groups is 1. The number of carbonyl (C=O) groups excluding carboxylic acids is 1. The van der Waals surface area contributed by atoms with Crippen LogP contribution in [-0.4, -0.2) is 20.1 Å². The Balaban J connectivity index is 2.14. The molecule has 5 heteroatoms. The minimum atomic E-state index is -0.558. The Morgan fingerprint density at radius 3 is 2.35 bits per heavy atom. The lowest BCUT2D eigenvalue weighted by Crippen LogP contribution is -2.28. The Morgan fingerprint density at radius 1 is 1.13 bits per heavy atom. The molecule has 0 aromatic heterocycles. The zero-order valence-corrected chi connectivity index (χ0v) is 13.4. The van der Waals surface area contributed by atoms with E-state index in [-0.39, 0.29) is 23.3 Å². The van der Waals surface area contributed by atoms with Crippen molar-refractivity contribution in [3.05, 3.63) is 59.4 Å². The highest BCUT2D eigenvalue weighted by atomic mass is 19.1. The lowest BCUT2D eigenvalue weighted by atomic mass is 10.0. The average Bonchev–Trinajstić information content (AvgIpc) is 2.59. The summed E-state index contributed by atoms with van der Waals surface area (Å²) in [5, 5.41) is 2.91. The van der Waals surface area contributed by atoms with Crippen LogP contribution in [0.25, 0.3) is 0 Å². The Bertz CT molecular complexity index is 670. The highest BCUT2D eigenvalue weighted by Crippen LogP contribution is 2.22. The van der Waals surface area contributed by atoms with E-state index in [1.54, 1.807) is 7.11 Å². The molecule has 0 heterocycles. The predicted octanol–water partition coefficient (Wildman–Crippen LogP) is 3.72. The fraction of sp³-hybridized carbons (Fsp3) is 0.278. The minimum absolute atomic E-state index is 0.115. The summed E-state index contributed by atoms with van der Waals surface area (Å²) in [6.07, 6.45) is 0.719. The van der Waals surface area contributed by atoms with Crippen molar-refractivity contribution in [2.45, 2.75) is 19.4 Å². The second kappa shape index (κ2) is 7.63. The molecule has 2 aromatic rings. The fourth-order valence-corrected chi connectivity index (χ4v) is 2.31. The van der Waals surface area contributed by atoms with Gasteiger partial charge in [-0.15, -0.1) is 0 Å². The number of amides is 1. The van der Waals surface area contributed by atoms with Gasteiger partial charge < -0.3 is 14.8 Å². The predicted molar refractivity (Wildman–Crippen MR) is 86.4 cm³/mol. The second-order valence-corrected chi connectivity index (χ2v) is 5.06. The monoisotopic (exact) mass is 317 g/mol. The summed E-state index contributed by atoms with van der Waals surface area (Å²) in [7, 11) is 2.99. The van der Waals surface area contributed by atoms with Gasteiger partial charge >= 0.3 is 0 Å². The Hall–Kier alpha value is -2.56. The van der Waals surface area contributed by atoms with Crippen molar-refractivity contribution in [1.29, 1.82) is 0 Å². The molecule has 122 valence electrons. The van der Waals surface area contributed by atoms with Crippen molar-refractivity contribution in [1.82, 2.24) is 5.32 Å². The van der Waals surface area contributed by atoms with E-state index in [0.717, 1.165) is 17.7 Å². The lowest BCUT2D eigenvalue weighted by molar-refractivity contribution is 0.0935. The number of hydrogen-bond donors (Lipinski definition) is 1. The molecule has 0 saturated carbocycles. The summed E-state index contributed by atoms with van der Waals surface area (Å²) in [6.45, 7) is 1.98. The smallest absolute Gasteiger partial charge is 0.251 e. The normalized spacial score (nSPS) is 11.7. The topological polar surface area (TPSA) is 47.6 Å². The van der Waals surface area contributed by atoms with Crippen LogP contribution in [0.15, 0.2) is 42.5 Å². The molecule has 2 rings (SSSR count). The molecule has 0 aliphatic carbocycles. The molecule has 0 unspecified atom stereocenters. The van der Waals surface area contributed by atoms with Crippen LogP contribution < -0.4 is 14.8 Å². The molecule has 1 amide bonds. The summed E-state index contributed by atoms with van der Waals surface area (Å²) in [6, 6.07) is 11.5. The molecule has 0 bridgehead atoms. The quantitative estimate of drug-likeness (QED) is 0.883. The van der Waals surface area contributed by atoms with Crippen molar-refractivity contribution in [3.63, 3.8) is 0 Å². The first-order valence-electron chi connectivity index (χ1n) is 7.37. The maximum absolute atomic E-state index is 13.7. The van der Waals surface area contributed by atoms with E-state index in [1.807, 2.05) is 31.2 Å². The third kappa shape index (κ3) is 4.00. The Morgan fingerprint density at radius 2 is 1.83 bits per heavy atom. The second-order valence-electron chi connectivity index (χ2n) is 5.06. The van der Waals surface area contributed by atoms with Gasteiger partial charge in [0.2, 0.25) is 0 Å². The fourth-order valence-electron chi connectivity index (χ4n) is 2.31. The molecular formula is C18H20FNO3. The Kier molecular flexibility index (Phi) is 5.57. The molecule has 4 nitrogen and oxygen atoms in total. The van der Waals surface area contributed by atoms with Crippen LogP contribution in [0.1, 0.15) is 35.3 Å². The average molecular weight is 317 g/mol. The van der Waals surface area contributed by atoms with Crippen molar-refractivity contribution in [2.75, 3.05) is 14.2 Å².